The molecule has 0 atom stereocenters. The van der Waals surface area contributed by atoms with Gasteiger partial charge in [-0.1, -0.05) is 16.6 Å². The number of benzene rings is 1. The van der Waals surface area contributed by atoms with E-state index in [-0.39, 0.29) is 29.3 Å². The average Bonchev–Trinajstić information content (AvgIpc) is 3.06. The van der Waals surface area contributed by atoms with Crippen LogP contribution >= 0.6 is 11.5 Å². The lowest BCUT2D eigenvalue weighted by Gasteiger charge is -2.09. The number of rotatable bonds is 5. The summed E-state index contributed by atoms with van der Waals surface area (Å²) in [5.74, 6) is -1.09. The fourth-order valence-corrected chi connectivity index (χ4v) is 2.77. The van der Waals surface area contributed by atoms with Crippen molar-refractivity contribution in [2.75, 3.05) is 11.9 Å². The minimum absolute atomic E-state index is 0.0436. The quantitative estimate of drug-likeness (QED) is 0.677. The van der Waals surface area contributed by atoms with Crippen LogP contribution < -0.4 is 10.7 Å². The van der Waals surface area contributed by atoms with Crippen LogP contribution in [0.2, 0.25) is 0 Å². The van der Waals surface area contributed by atoms with Gasteiger partial charge in [-0.25, -0.2) is 4.79 Å². The summed E-state index contributed by atoms with van der Waals surface area (Å²) < 4.78 is 9.93. The Morgan fingerprint density at radius 2 is 2.12 bits per heavy atom. The average molecular weight is 359 g/mol. The number of hydrogen-bond donors (Lipinski definition) is 1. The molecule has 1 aromatic carbocycles. The molecule has 0 aliphatic heterocycles. The Balaban J connectivity index is 1.81. The van der Waals surface area contributed by atoms with Gasteiger partial charge in [0.15, 0.2) is 5.00 Å². The third-order valence-corrected chi connectivity index (χ3v) is 3.91. The summed E-state index contributed by atoms with van der Waals surface area (Å²) >= 11 is 0.875. The van der Waals surface area contributed by atoms with Crippen LogP contribution in [0.5, 0.6) is 0 Å². The topological polar surface area (TPSA) is 116 Å². The number of carbonyl (C=O) groups excluding carboxylic acids is 2. The van der Waals surface area contributed by atoms with Crippen LogP contribution in [0.1, 0.15) is 17.4 Å². The lowest BCUT2D eigenvalue weighted by molar-refractivity contribution is -0.116. The fourth-order valence-electron chi connectivity index (χ4n) is 2.19. The number of carbonyl (C=O) groups is 2. The van der Waals surface area contributed by atoms with Gasteiger partial charge in [-0.2, -0.15) is 5.10 Å². The largest absolute Gasteiger partial charge is 0.461 e. The Hall–Kier alpha value is -3.14. The van der Waals surface area contributed by atoms with E-state index in [9.17, 15) is 14.4 Å². The van der Waals surface area contributed by atoms with Crippen LogP contribution in [0.4, 0.5) is 5.00 Å². The zero-order valence-corrected chi connectivity index (χ0v) is 13.9. The first kappa shape index (κ1) is 16.7. The number of aromatic nitrogens is 4. The van der Waals surface area contributed by atoms with Crippen LogP contribution in [0.15, 0.2) is 35.3 Å². The second-order valence-corrected chi connectivity index (χ2v) is 5.66. The number of hydrogen-bond acceptors (Lipinski definition) is 8. The van der Waals surface area contributed by atoms with Gasteiger partial charge < -0.3 is 10.1 Å². The molecule has 2 aromatic heterocycles. The molecular formula is C15H13N5O4S. The Morgan fingerprint density at radius 1 is 1.32 bits per heavy atom. The molecule has 10 heteroatoms. The maximum Gasteiger partial charge on any atom is 0.362 e. The number of ether oxygens (including phenoxy) is 1. The molecule has 0 fully saturated rings. The van der Waals surface area contributed by atoms with Gasteiger partial charge in [0.05, 0.1) is 18.3 Å². The highest BCUT2D eigenvalue weighted by atomic mass is 32.1. The number of nitrogens with zero attached hydrogens (tertiary/aromatic N) is 4. The number of esters is 1. The molecule has 0 bridgehead atoms. The van der Waals surface area contributed by atoms with Crippen molar-refractivity contribution < 1.29 is 14.3 Å². The summed E-state index contributed by atoms with van der Waals surface area (Å²) in [5.41, 5.74) is 0.277. The Morgan fingerprint density at radius 3 is 2.92 bits per heavy atom. The van der Waals surface area contributed by atoms with Crippen molar-refractivity contribution in [2.45, 2.75) is 13.5 Å². The number of anilines is 1. The van der Waals surface area contributed by atoms with E-state index in [0.29, 0.717) is 10.9 Å². The van der Waals surface area contributed by atoms with Crippen LogP contribution in [-0.2, 0) is 16.1 Å². The predicted octanol–water partition coefficient (Wildman–Crippen LogP) is 1.06. The standard InChI is InChI=1S/C15H13N5O4S/c1-2-24-15(23)13-14(25-19-18-13)17-12(22)8-20-10-6-4-3-5-9(10)11(21)7-16-20/h3-7H,2,8H2,1H3,(H,17,22). The third kappa shape index (κ3) is 3.53. The molecule has 0 aliphatic carbocycles. The van der Waals surface area contributed by atoms with Gasteiger partial charge in [0.2, 0.25) is 17.0 Å². The highest BCUT2D eigenvalue weighted by molar-refractivity contribution is 7.10. The molecule has 128 valence electrons. The van der Waals surface area contributed by atoms with Gasteiger partial charge in [0.1, 0.15) is 6.54 Å². The summed E-state index contributed by atoms with van der Waals surface area (Å²) in [6, 6.07) is 6.86. The molecule has 0 unspecified atom stereocenters. The molecule has 0 spiro atoms. The van der Waals surface area contributed by atoms with E-state index < -0.39 is 11.9 Å². The lowest BCUT2D eigenvalue weighted by atomic mass is 10.2. The minimum atomic E-state index is -0.654. The van der Waals surface area contributed by atoms with E-state index in [4.69, 9.17) is 4.74 Å². The van der Waals surface area contributed by atoms with E-state index in [0.717, 1.165) is 17.7 Å². The van der Waals surface area contributed by atoms with Gasteiger partial charge in [-0.15, -0.1) is 5.10 Å². The van der Waals surface area contributed by atoms with Gasteiger partial charge in [0.25, 0.3) is 0 Å². The van der Waals surface area contributed by atoms with Gasteiger partial charge in [0, 0.05) is 16.9 Å². The lowest BCUT2D eigenvalue weighted by Crippen LogP contribution is -2.23. The zero-order valence-electron chi connectivity index (χ0n) is 13.1. The smallest absolute Gasteiger partial charge is 0.362 e. The first-order valence-electron chi connectivity index (χ1n) is 7.34. The maximum atomic E-state index is 12.3. The molecule has 1 N–H and O–H groups in total. The molecule has 0 saturated heterocycles. The number of nitrogens with one attached hydrogen (secondary N) is 1. The molecule has 2 heterocycles. The summed E-state index contributed by atoms with van der Waals surface area (Å²) in [4.78, 5) is 35.9. The van der Waals surface area contributed by atoms with E-state index in [1.54, 1.807) is 31.2 Å². The van der Waals surface area contributed by atoms with Crippen molar-refractivity contribution >= 4 is 39.3 Å². The molecule has 0 radical (unpaired) electrons. The zero-order chi connectivity index (χ0) is 17.8. The first-order chi connectivity index (χ1) is 12.1. The molecule has 3 aromatic rings. The second-order valence-electron chi connectivity index (χ2n) is 4.90. The van der Waals surface area contributed by atoms with E-state index >= 15 is 0 Å². The first-order valence-corrected chi connectivity index (χ1v) is 8.11. The van der Waals surface area contributed by atoms with Crippen molar-refractivity contribution in [1.29, 1.82) is 0 Å². The molecule has 1 amide bonds. The molecule has 3 rings (SSSR count). The molecular weight excluding hydrogens is 346 g/mol. The predicted molar refractivity (Wildman–Crippen MR) is 90.5 cm³/mol. The SMILES string of the molecule is CCOC(=O)c1nnsc1NC(=O)Cn1ncc(=O)c2ccccc21. The van der Waals surface area contributed by atoms with Gasteiger partial charge >= 0.3 is 5.97 Å². The number of fused-ring (bicyclic) bond motifs is 1. The molecule has 0 saturated carbocycles. The maximum absolute atomic E-state index is 12.3. The number of amides is 1. The Labute approximate surface area is 145 Å². The summed E-state index contributed by atoms with van der Waals surface area (Å²) in [6.45, 7) is 1.72. The summed E-state index contributed by atoms with van der Waals surface area (Å²) in [5, 5.41) is 10.9. The normalized spacial score (nSPS) is 10.6. The van der Waals surface area contributed by atoms with Crippen molar-refractivity contribution in [2.24, 2.45) is 0 Å². The monoisotopic (exact) mass is 359 g/mol. The van der Waals surface area contributed by atoms with Crippen molar-refractivity contribution in [1.82, 2.24) is 19.4 Å². The summed E-state index contributed by atoms with van der Waals surface area (Å²) in [7, 11) is 0. The fraction of sp³-hybridized carbons (Fsp3) is 0.200. The van der Waals surface area contributed by atoms with Crippen molar-refractivity contribution in [3.8, 4) is 0 Å². The van der Waals surface area contributed by atoms with Gasteiger partial charge in [-0.05, 0) is 19.1 Å². The molecule has 9 nitrogen and oxygen atoms in total. The second kappa shape index (κ2) is 7.18. The third-order valence-electron chi connectivity index (χ3n) is 3.27. The molecule has 25 heavy (non-hydrogen) atoms. The van der Waals surface area contributed by atoms with E-state index in [1.165, 1.54) is 4.68 Å². The van der Waals surface area contributed by atoms with Crippen molar-refractivity contribution in [3.05, 3.63) is 46.4 Å². The number of para-hydroxylation sites is 1. The van der Waals surface area contributed by atoms with E-state index in [2.05, 4.69) is 20.0 Å². The Kier molecular flexibility index (Phi) is 4.80. The Bertz CT molecular complexity index is 997. The van der Waals surface area contributed by atoms with Crippen LogP contribution in [0, 0.1) is 0 Å². The highest BCUT2D eigenvalue weighted by Gasteiger charge is 2.20. The van der Waals surface area contributed by atoms with Crippen LogP contribution in [0.25, 0.3) is 10.9 Å². The highest BCUT2D eigenvalue weighted by Crippen LogP contribution is 2.18. The van der Waals surface area contributed by atoms with Crippen LogP contribution in [0.3, 0.4) is 0 Å². The van der Waals surface area contributed by atoms with Crippen molar-refractivity contribution in [3.63, 3.8) is 0 Å². The molecule has 0 aliphatic rings. The van der Waals surface area contributed by atoms with Crippen LogP contribution in [-0.4, -0.2) is 37.9 Å². The minimum Gasteiger partial charge on any atom is -0.461 e. The summed E-state index contributed by atoms with van der Waals surface area (Å²) in [6.07, 6.45) is 1.16. The van der Waals surface area contributed by atoms with Gasteiger partial charge in [-0.3, -0.25) is 14.3 Å². The van der Waals surface area contributed by atoms with E-state index in [1.807, 2.05) is 0 Å².